The molecule has 4 heteroatoms. The number of nitrogen functional groups attached to an aromatic ring is 1. The molecule has 0 spiro atoms. The minimum absolute atomic E-state index is 0.469. The number of rotatable bonds is 1. The molecule has 3 N–H and O–H groups in total. The van der Waals surface area contributed by atoms with Crippen LogP contribution in [0.1, 0.15) is 11.5 Å². The molecule has 13 heavy (non-hydrogen) atoms. The summed E-state index contributed by atoms with van der Waals surface area (Å²) in [6.45, 7) is 1.92. The zero-order valence-electron chi connectivity index (χ0n) is 6.98. The van der Waals surface area contributed by atoms with E-state index >= 15 is 0 Å². The van der Waals surface area contributed by atoms with Gasteiger partial charge in [0.05, 0.1) is 10.7 Å². The van der Waals surface area contributed by atoms with Crippen molar-refractivity contribution >= 4 is 28.9 Å². The highest BCUT2D eigenvalue weighted by Gasteiger charge is 2.22. The van der Waals surface area contributed by atoms with E-state index in [9.17, 15) is 0 Å². The number of benzene rings is 1. The maximum Gasteiger partial charge on any atom is 0.0653 e. The van der Waals surface area contributed by atoms with Crippen molar-refractivity contribution in [1.82, 2.24) is 5.32 Å². The largest absolute Gasteiger partial charge is 0.397 e. The maximum absolute atomic E-state index is 5.91. The second-order valence-corrected chi connectivity index (χ2v) is 4.09. The number of nitrogens with two attached hydrogens (primary N) is 1. The van der Waals surface area contributed by atoms with Crippen molar-refractivity contribution in [2.24, 2.45) is 0 Å². The summed E-state index contributed by atoms with van der Waals surface area (Å²) in [6, 6.07) is 3.57. The van der Waals surface area contributed by atoms with Gasteiger partial charge < -0.3 is 11.1 Å². The molecule has 1 saturated heterocycles. The molecular weight excluding hydrogens is 207 g/mol. The van der Waals surface area contributed by atoms with Crippen LogP contribution < -0.4 is 11.1 Å². The van der Waals surface area contributed by atoms with Crippen LogP contribution in [0.25, 0.3) is 0 Å². The van der Waals surface area contributed by atoms with Gasteiger partial charge in [-0.2, -0.15) is 0 Å². The third-order valence-corrected chi connectivity index (χ3v) is 2.88. The van der Waals surface area contributed by atoms with Crippen LogP contribution in [0.2, 0.25) is 10.0 Å². The summed E-state index contributed by atoms with van der Waals surface area (Å²) in [5.41, 5.74) is 7.57. The Balaban J connectivity index is 2.42. The molecule has 0 radical (unpaired) electrons. The van der Waals surface area contributed by atoms with Gasteiger partial charge in [0.15, 0.2) is 0 Å². The molecule has 1 heterocycles. The van der Waals surface area contributed by atoms with Gasteiger partial charge in [-0.05, 0) is 17.7 Å². The molecule has 0 amide bonds. The Morgan fingerprint density at radius 2 is 2.00 bits per heavy atom. The third kappa shape index (κ3) is 1.62. The topological polar surface area (TPSA) is 38.0 Å². The van der Waals surface area contributed by atoms with E-state index in [1.165, 1.54) is 0 Å². The first-order chi connectivity index (χ1) is 6.18. The van der Waals surface area contributed by atoms with E-state index < -0.39 is 0 Å². The van der Waals surface area contributed by atoms with Gasteiger partial charge in [0.1, 0.15) is 0 Å². The molecule has 0 unspecified atom stereocenters. The Morgan fingerprint density at radius 1 is 1.31 bits per heavy atom. The van der Waals surface area contributed by atoms with Crippen molar-refractivity contribution in [3.63, 3.8) is 0 Å². The summed E-state index contributed by atoms with van der Waals surface area (Å²) in [5.74, 6) is 0.469. The van der Waals surface area contributed by atoms with E-state index in [-0.39, 0.29) is 0 Å². The lowest BCUT2D eigenvalue weighted by Gasteiger charge is -2.28. The van der Waals surface area contributed by atoms with Crippen LogP contribution in [-0.2, 0) is 0 Å². The molecule has 1 aliphatic heterocycles. The fourth-order valence-electron chi connectivity index (χ4n) is 1.45. The number of nitrogens with one attached hydrogen (secondary N) is 1. The predicted octanol–water partition coefficient (Wildman–Crippen LogP) is 2.26. The molecule has 1 aliphatic rings. The monoisotopic (exact) mass is 216 g/mol. The number of hydrogen-bond acceptors (Lipinski definition) is 2. The van der Waals surface area contributed by atoms with Crippen LogP contribution in [0, 0.1) is 0 Å². The second kappa shape index (κ2) is 3.37. The maximum atomic E-state index is 5.91. The van der Waals surface area contributed by atoms with Crippen LogP contribution in [0.3, 0.4) is 0 Å². The first-order valence-corrected chi connectivity index (χ1v) is 4.89. The van der Waals surface area contributed by atoms with E-state index in [1.54, 1.807) is 6.07 Å². The van der Waals surface area contributed by atoms with Crippen LogP contribution in [0.15, 0.2) is 12.1 Å². The lowest BCUT2D eigenvalue weighted by atomic mass is 9.92. The standard InChI is InChI=1S/C9H10Cl2N2/c10-6-1-7(5-3-13-4-5)9(12)8(11)2-6/h1-2,5,13H,3-4,12H2. The highest BCUT2D eigenvalue weighted by Crippen LogP contribution is 2.33. The second-order valence-electron chi connectivity index (χ2n) is 3.25. The van der Waals surface area contributed by atoms with Crippen molar-refractivity contribution in [3.05, 3.63) is 27.7 Å². The highest BCUT2D eigenvalue weighted by molar-refractivity contribution is 6.36. The van der Waals surface area contributed by atoms with Gasteiger partial charge in [-0.15, -0.1) is 0 Å². The average Bonchev–Trinajstić information content (AvgIpc) is 1.95. The molecule has 0 aromatic heterocycles. The summed E-state index contributed by atoms with van der Waals surface area (Å²) >= 11 is 11.8. The summed E-state index contributed by atoms with van der Waals surface area (Å²) in [6.07, 6.45) is 0. The zero-order valence-corrected chi connectivity index (χ0v) is 8.49. The molecule has 2 rings (SSSR count). The van der Waals surface area contributed by atoms with Crippen molar-refractivity contribution in [3.8, 4) is 0 Å². The Hall–Kier alpha value is -0.440. The van der Waals surface area contributed by atoms with Gasteiger partial charge in [0, 0.05) is 24.0 Å². The molecule has 70 valence electrons. The minimum Gasteiger partial charge on any atom is -0.397 e. The van der Waals surface area contributed by atoms with Crippen molar-refractivity contribution in [2.45, 2.75) is 5.92 Å². The van der Waals surface area contributed by atoms with Gasteiger partial charge >= 0.3 is 0 Å². The SMILES string of the molecule is Nc1c(Cl)cc(Cl)cc1C1CNC1. The third-order valence-electron chi connectivity index (χ3n) is 2.35. The van der Waals surface area contributed by atoms with Gasteiger partial charge in [-0.3, -0.25) is 0 Å². The molecule has 0 bridgehead atoms. The zero-order chi connectivity index (χ0) is 9.42. The van der Waals surface area contributed by atoms with Gasteiger partial charge in [-0.25, -0.2) is 0 Å². The number of anilines is 1. The van der Waals surface area contributed by atoms with E-state index in [1.807, 2.05) is 6.07 Å². The van der Waals surface area contributed by atoms with Crippen LogP contribution in [0.5, 0.6) is 0 Å². The van der Waals surface area contributed by atoms with Gasteiger partial charge in [0.25, 0.3) is 0 Å². The van der Waals surface area contributed by atoms with E-state index in [2.05, 4.69) is 5.32 Å². The van der Waals surface area contributed by atoms with Crippen molar-refractivity contribution in [1.29, 1.82) is 0 Å². The molecule has 2 nitrogen and oxygen atoms in total. The minimum atomic E-state index is 0.469. The van der Waals surface area contributed by atoms with E-state index in [4.69, 9.17) is 28.9 Å². The predicted molar refractivity (Wildman–Crippen MR) is 56.5 cm³/mol. The normalized spacial score (nSPS) is 17.1. The lowest BCUT2D eigenvalue weighted by Crippen LogP contribution is -2.40. The summed E-state index contributed by atoms with van der Waals surface area (Å²) < 4.78 is 0. The summed E-state index contributed by atoms with van der Waals surface area (Å²) in [4.78, 5) is 0. The molecule has 1 aromatic carbocycles. The fraction of sp³-hybridized carbons (Fsp3) is 0.333. The first-order valence-electron chi connectivity index (χ1n) is 4.13. The number of halogens is 2. The first kappa shape index (κ1) is 9.13. The average molecular weight is 217 g/mol. The lowest BCUT2D eigenvalue weighted by molar-refractivity contribution is 0.449. The molecular formula is C9H10Cl2N2. The van der Waals surface area contributed by atoms with Crippen LogP contribution in [-0.4, -0.2) is 13.1 Å². The molecule has 1 aromatic rings. The molecule has 0 aliphatic carbocycles. The van der Waals surface area contributed by atoms with Crippen molar-refractivity contribution < 1.29 is 0 Å². The molecule has 0 saturated carbocycles. The fourth-order valence-corrected chi connectivity index (χ4v) is 1.96. The van der Waals surface area contributed by atoms with E-state index in [0.717, 1.165) is 18.7 Å². The van der Waals surface area contributed by atoms with Crippen LogP contribution in [0.4, 0.5) is 5.69 Å². The molecule has 1 fully saturated rings. The quantitative estimate of drug-likeness (QED) is 0.708. The Kier molecular flexibility index (Phi) is 2.37. The molecule has 0 atom stereocenters. The Morgan fingerprint density at radius 3 is 2.54 bits per heavy atom. The Labute approximate surface area is 87.0 Å². The summed E-state index contributed by atoms with van der Waals surface area (Å²) in [7, 11) is 0. The number of hydrogen-bond donors (Lipinski definition) is 2. The smallest absolute Gasteiger partial charge is 0.0653 e. The summed E-state index contributed by atoms with van der Waals surface area (Å²) in [5, 5.41) is 4.39. The van der Waals surface area contributed by atoms with Gasteiger partial charge in [0.2, 0.25) is 0 Å². The highest BCUT2D eigenvalue weighted by atomic mass is 35.5. The van der Waals surface area contributed by atoms with Crippen LogP contribution >= 0.6 is 23.2 Å². The van der Waals surface area contributed by atoms with Crippen molar-refractivity contribution in [2.75, 3.05) is 18.8 Å². The van der Waals surface area contributed by atoms with Gasteiger partial charge in [-0.1, -0.05) is 23.2 Å². The Bertz CT molecular complexity index is 335. The van der Waals surface area contributed by atoms with E-state index in [0.29, 0.717) is 21.7 Å².